The highest BCUT2D eigenvalue weighted by Gasteiger charge is 2.03. The van der Waals surface area contributed by atoms with Crippen molar-refractivity contribution in [3.63, 3.8) is 0 Å². The van der Waals surface area contributed by atoms with Gasteiger partial charge < -0.3 is 10.2 Å². The second kappa shape index (κ2) is 6.60. The van der Waals surface area contributed by atoms with E-state index in [4.69, 9.17) is 10.2 Å². The van der Waals surface area contributed by atoms with Crippen molar-refractivity contribution in [1.29, 1.82) is 0 Å². The molecule has 0 bridgehead atoms. The van der Waals surface area contributed by atoms with Gasteiger partial charge in [0, 0.05) is 4.90 Å². The van der Waals surface area contributed by atoms with Crippen molar-refractivity contribution >= 4 is 18.6 Å². The lowest BCUT2D eigenvalue weighted by molar-refractivity contribution is 0.0693. The Labute approximate surface area is 105 Å². The number of carboxylic acid groups (broad SMARTS) is 1. The van der Waals surface area contributed by atoms with Gasteiger partial charge in [0.05, 0.1) is 5.56 Å². The van der Waals surface area contributed by atoms with Gasteiger partial charge in [0.25, 0.3) is 0 Å². The van der Waals surface area contributed by atoms with Crippen LogP contribution in [0.4, 0.5) is 0 Å². The lowest BCUT2D eigenvalue weighted by Crippen LogP contribution is -1.96. The predicted octanol–water partition coefficient (Wildman–Crippen LogP) is 3.07. The van der Waals surface area contributed by atoms with E-state index >= 15 is 0 Å². The Kier molecular flexibility index (Phi) is 5.10. The molecule has 0 aliphatic heterocycles. The zero-order chi connectivity index (χ0) is 12.7. The van der Waals surface area contributed by atoms with E-state index in [9.17, 15) is 4.79 Å². The number of benzene rings is 2. The van der Waals surface area contributed by atoms with Crippen molar-refractivity contribution in [1.82, 2.24) is 0 Å². The van der Waals surface area contributed by atoms with E-state index in [-0.39, 0.29) is 5.56 Å². The number of aromatic carboxylic acids is 1. The first-order chi connectivity index (χ1) is 8.11. The average molecular weight is 248 g/mol. The van der Waals surface area contributed by atoms with Crippen LogP contribution in [-0.2, 0) is 0 Å². The molecule has 0 atom stereocenters. The molecule has 2 N–H and O–H groups in total. The third-order valence-corrected chi connectivity index (χ3v) is 2.28. The smallest absolute Gasteiger partial charge is 0.336 e. The third kappa shape index (κ3) is 4.61. The van der Waals surface area contributed by atoms with Gasteiger partial charge in [-0.2, -0.15) is 0 Å². The summed E-state index contributed by atoms with van der Waals surface area (Å²) < 4.78 is 0. The number of hydrogen-bond donors (Lipinski definition) is 3. The van der Waals surface area contributed by atoms with Gasteiger partial charge in [0.1, 0.15) is 5.75 Å². The van der Waals surface area contributed by atoms with Crippen molar-refractivity contribution in [2.24, 2.45) is 0 Å². The van der Waals surface area contributed by atoms with E-state index in [1.54, 1.807) is 42.5 Å². The first-order valence-electron chi connectivity index (χ1n) is 4.86. The van der Waals surface area contributed by atoms with E-state index in [0.717, 1.165) is 0 Å². The highest BCUT2D eigenvalue weighted by atomic mass is 32.1. The summed E-state index contributed by atoms with van der Waals surface area (Å²) in [6, 6.07) is 15.3. The van der Waals surface area contributed by atoms with E-state index in [2.05, 4.69) is 12.6 Å². The van der Waals surface area contributed by atoms with Gasteiger partial charge in [0.15, 0.2) is 0 Å². The number of para-hydroxylation sites is 1. The van der Waals surface area contributed by atoms with Gasteiger partial charge in [-0.15, -0.1) is 12.6 Å². The molecule has 3 nitrogen and oxygen atoms in total. The molecule has 0 saturated carbocycles. The van der Waals surface area contributed by atoms with Crippen LogP contribution in [0.5, 0.6) is 5.75 Å². The normalized spacial score (nSPS) is 9.00. The van der Waals surface area contributed by atoms with Crippen LogP contribution in [-0.4, -0.2) is 16.2 Å². The van der Waals surface area contributed by atoms with Crippen LogP contribution >= 0.6 is 12.6 Å². The van der Waals surface area contributed by atoms with Crippen molar-refractivity contribution in [3.05, 3.63) is 60.2 Å². The molecular formula is C13H12O3S. The molecule has 0 aliphatic carbocycles. The molecule has 0 fully saturated rings. The molecule has 88 valence electrons. The Balaban J connectivity index is 0.000000181. The van der Waals surface area contributed by atoms with E-state index in [1.165, 1.54) is 6.07 Å². The molecule has 0 heterocycles. The monoisotopic (exact) mass is 248 g/mol. The molecule has 17 heavy (non-hydrogen) atoms. The van der Waals surface area contributed by atoms with Crippen LogP contribution in [0.3, 0.4) is 0 Å². The van der Waals surface area contributed by atoms with Crippen molar-refractivity contribution in [3.8, 4) is 5.75 Å². The summed E-state index contributed by atoms with van der Waals surface area (Å²) in [6.07, 6.45) is 0. The van der Waals surface area contributed by atoms with Crippen LogP contribution in [0, 0.1) is 0 Å². The van der Waals surface area contributed by atoms with Gasteiger partial charge in [-0.05, 0) is 24.3 Å². The molecule has 0 spiro atoms. The Morgan fingerprint density at radius 3 is 1.82 bits per heavy atom. The summed E-state index contributed by atoms with van der Waals surface area (Å²) in [7, 11) is 0. The van der Waals surface area contributed by atoms with Gasteiger partial charge in [0.2, 0.25) is 0 Å². The summed E-state index contributed by atoms with van der Waals surface area (Å²) >= 11 is 3.96. The fourth-order valence-corrected chi connectivity index (χ4v) is 1.34. The molecule has 4 heteroatoms. The molecule has 2 aromatic rings. The minimum Gasteiger partial charge on any atom is -0.508 e. The van der Waals surface area contributed by atoms with Crippen LogP contribution < -0.4 is 0 Å². The number of phenolic OH excluding ortho intramolecular Hbond substituents is 1. The summed E-state index contributed by atoms with van der Waals surface area (Å²) in [6.45, 7) is 0. The standard InChI is InChI=1S/C7H6O2S.C6H6O/c8-7(9)5-3-1-2-4-6(5)10;7-6-4-2-1-3-5-6/h1-4,10H,(H,8,9);1-5,7H. The number of carbonyl (C=O) groups is 1. The summed E-state index contributed by atoms with van der Waals surface area (Å²) in [5.74, 6) is -0.617. The Hall–Kier alpha value is -1.94. The van der Waals surface area contributed by atoms with Crippen LogP contribution in [0.15, 0.2) is 59.5 Å². The lowest BCUT2D eigenvalue weighted by atomic mass is 10.2. The quantitative estimate of drug-likeness (QED) is 0.680. The fourth-order valence-electron chi connectivity index (χ4n) is 1.08. The Morgan fingerprint density at radius 1 is 0.941 bits per heavy atom. The lowest BCUT2D eigenvalue weighted by Gasteiger charge is -1.95. The highest BCUT2D eigenvalue weighted by Crippen LogP contribution is 2.11. The second-order valence-corrected chi connectivity index (χ2v) is 3.64. The molecule has 0 radical (unpaired) electrons. The van der Waals surface area contributed by atoms with Crippen LogP contribution in [0.1, 0.15) is 10.4 Å². The maximum Gasteiger partial charge on any atom is 0.336 e. The topological polar surface area (TPSA) is 57.5 Å². The SMILES string of the molecule is O=C(O)c1ccccc1S.Oc1ccccc1. The maximum absolute atomic E-state index is 10.4. The first-order valence-corrected chi connectivity index (χ1v) is 5.31. The molecule has 0 amide bonds. The van der Waals surface area contributed by atoms with Gasteiger partial charge in [-0.25, -0.2) is 4.79 Å². The molecule has 0 aliphatic rings. The number of rotatable bonds is 1. The highest BCUT2D eigenvalue weighted by molar-refractivity contribution is 7.80. The Morgan fingerprint density at radius 2 is 1.47 bits per heavy atom. The molecule has 2 aromatic carbocycles. The number of carboxylic acids is 1. The number of phenols is 1. The van der Waals surface area contributed by atoms with Crippen molar-refractivity contribution < 1.29 is 15.0 Å². The van der Waals surface area contributed by atoms with Gasteiger partial charge in [-0.3, -0.25) is 0 Å². The summed E-state index contributed by atoms with van der Waals surface area (Å²) in [5, 5.41) is 17.1. The third-order valence-electron chi connectivity index (χ3n) is 1.89. The fraction of sp³-hybridized carbons (Fsp3) is 0. The summed E-state index contributed by atoms with van der Waals surface area (Å²) in [4.78, 5) is 10.9. The maximum atomic E-state index is 10.4. The minimum atomic E-state index is -0.939. The molecule has 0 unspecified atom stereocenters. The van der Waals surface area contributed by atoms with E-state index in [1.807, 2.05) is 6.07 Å². The first kappa shape index (κ1) is 13.1. The second-order valence-electron chi connectivity index (χ2n) is 3.16. The number of aromatic hydroxyl groups is 1. The van der Waals surface area contributed by atoms with E-state index < -0.39 is 5.97 Å². The molecule has 0 saturated heterocycles. The average Bonchev–Trinajstić information content (AvgIpc) is 2.31. The van der Waals surface area contributed by atoms with E-state index in [0.29, 0.717) is 10.6 Å². The van der Waals surface area contributed by atoms with Crippen molar-refractivity contribution in [2.75, 3.05) is 0 Å². The zero-order valence-corrected chi connectivity index (χ0v) is 9.84. The van der Waals surface area contributed by atoms with Gasteiger partial charge >= 0.3 is 5.97 Å². The van der Waals surface area contributed by atoms with Crippen LogP contribution in [0.2, 0.25) is 0 Å². The Bertz CT molecular complexity index is 483. The van der Waals surface area contributed by atoms with Gasteiger partial charge in [-0.1, -0.05) is 30.3 Å². The minimum absolute atomic E-state index is 0.242. The van der Waals surface area contributed by atoms with Crippen LogP contribution in [0.25, 0.3) is 0 Å². The largest absolute Gasteiger partial charge is 0.508 e. The number of thiol groups is 1. The molecule has 2 rings (SSSR count). The predicted molar refractivity (Wildman–Crippen MR) is 68.8 cm³/mol. The zero-order valence-electron chi connectivity index (χ0n) is 8.95. The number of hydrogen-bond acceptors (Lipinski definition) is 3. The summed E-state index contributed by atoms with van der Waals surface area (Å²) in [5.41, 5.74) is 0.242. The van der Waals surface area contributed by atoms with Crippen molar-refractivity contribution in [2.45, 2.75) is 4.90 Å². The molecular weight excluding hydrogens is 236 g/mol. The molecule has 0 aromatic heterocycles.